The number of esters is 1. The van der Waals surface area contributed by atoms with Crippen LogP contribution in [0.3, 0.4) is 0 Å². The Morgan fingerprint density at radius 2 is 1.96 bits per heavy atom. The number of nitro benzene ring substituents is 1. The summed E-state index contributed by atoms with van der Waals surface area (Å²) < 4.78 is 15.8. The number of benzene rings is 2. The van der Waals surface area contributed by atoms with Crippen molar-refractivity contribution in [2.75, 3.05) is 6.61 Å². The Kier molecular flexibility index (Phi) is 5.85. The highest BCUT2D eigenvalue weighted by Crippen LogP contribution is 2.25. The van der Waals surface area contributed by atoms with Crippen molar-refractivity contribution < 1.29 is 23.6 Å². The first-order chi connectivity index (χ1) is 13.4. The molecule has 3 aromatic rings. The minimum Gasteiger partial charge on any atom is -0.480 e. The molecule has 0 aliphatic carbocycles. The summed E-state index contributed by atoms with van der Waals surface area (Å²) in [5.41, 5.74) is 1.40. The number of aryl methyl sites for hydroxylation is 1. The van der Waals surface area contributed by atoms with E-state index in [4.69, 9.17) is 25.5 Å². The Hall–Kier alpha value is -3.46. The highest BCUT2D eigenvalue weighted by Gasteiger charge is 2.13. The topological polar surface area (TPSA) is 118 Å². The number of hydrogen-bond acceptors (Lipinski definition) is 8. The molecular weight excluding hydrogens is 390 g/mol. The molecule has 0 amide bonds. The number of aromatic nitrogens is 2. The summed E-state index contributed by atoms with van der Waals surface area (Å²) in [5, 5.41) is 18.7. The molecule has 10 heteroatoms. The Morgan fingerprint density at radius 1 is 1.21 bits per heavy atom. The van der Waals surface area contributed by atoms with Gasteiger partial charge in [0.1, 0.15) is 5.75 Å². The second-order valence-electron chi connectivity index (χ2n) is 5.69. The Bertz CT molecular complexity index is 1000. The average molecular weight is 404 g/mol. The molecular formula is C18H14ClN3O6. The molecule has 1 heterocycles. The van der Waals surface area contributed by atoms with Gasteiger partial charge in [-0.25, -0.2) is 4.79 Å². The quantitative estimate of drug-likeness (QED) is 0.332. The first kappa shape index (κ1) is 19.3. The number of halogens is 1. The number of ether oxygens (including phenoxy) is 2. The molecule has 0 spiro atoms. The second kappa shape index (κ2) is 8.49. The average Bonchev–Trinajstić information content (AvgIpc) is 3.16. The van der Waals surface area contributed by atoms with Gasteiger partial charge in [-0.05, 0) is 36.8 Å². The van der Waals surface area contributed by atoms with Gasteiger partial charge >= 0.3 is 5.97 Å². The van der Waals surface area contributed by atoms with Gasteiger partial charge in [-0.3, -0.25) is 10.1 Å². The third kappa shape index (κ3) is 4.83. The summed E-state index contributed by atoms with van der Waals surface area (Å²) in [4.78, 5) is 22.0. The monoisotopic (exact) mass is 403 g/mol. The third-order valence-electron chi connectivity index (χ3n) is 3.58. The van der Waals surface area contributed by atoms with Crippen LogP contribution in [0.5, 0.6) is 5.75 Å². The van der Waals surface area contributed by atoms with E-state index in [0.29, 0.717) is 16.3 Å². The van der Waals surface area contributed by atoms with E-state index in [0.717, 1.165) is 5.56 Å². The van der Waals surface area contributed by atoms with Crippen LogP contribution >= 0.6 is 11.6 Å². The van der Waals surface area contributed by atoms with Crippen LogP contribution in [0.2, 0.25) is 5.02 Å². The molecule has 0 saturated heterocycles. The van der Waals surface area contributed by atoms with Gasteiger partial charge in [0.25, 0.3) is 11.6 Å². The van der Waals surface area contributed by atoms with Gasteiger partial charge in [-0.2, -0.15) is 0 Å². The largest absolute Gasteiger partial charge is 0.480 e. The molecule has 3 rings (SSSR count). The maximum absolute atomic E-state index is 11.8. The van der Waals surface area contributed by atoms with Gasteiger partial charge < -0.3 is 13.9 Å². The van der Waals surface area contributed by atoms with Crippen LogP contribution in [0.1, 0.15) is 11.5 Å². The molecule has 0 atom stereocenters. The van der Waals surface area contributed by atoms with Gasteiger partial charge in [0, 0.05) is 17.7 Å². The van der Waals surface area contributed by atoms with Crippen molar-refractivity contribution in [3.63, 3.8) is 0 Å². The first-order valence-electron chi connectivity index (χ1n) is 8.04. The number of nitrogens with zero attached hydrogens (tertiary/aromatic N) is 3. The van der Waals surface area contributed by atoms with Crippen molar-refractivity contribution >= 4 is 23.3 Å². The fourth-order valence-corrected chi connectivity index (χ4v) is 2.37. The van der Waals surface area contributed by atoms with Crippen LogP contribution in [0.15, 0.2) is 46.9 Å². The number of nitro groups is 1. The van der Waals surface area contributed by atoms with Crippen LogP contribution in [-0.4, -0.2) is 27.7 Å². The van der Waals surface area contributed by atoms with Crippen LogP contribution in [0.25, 0.3) is 11.5 Å². The smallest absolute Gasteiger partial charge is 0.344 e. The van der Waals surface area contributed by atoms with E-state index in [1.54, 1.807) is 12.1 Å². The fourth-order valence-electron chi connectivity index (χ4n) is 2.20. The molecule has 0 radical (unpaired) electrons. The molecule has 2 aromatic carbocycles. The van der Waals surface area contributed by atoms with E-state index in [9.17, 15) is 14.9 Å². The standard InChI is InChI=1S/C18H14ClN3O6/c1-11-2-7-14(19)15(8-11)26-10-17(23)27-9-16-20-21-18(28-16)12-3-5-13(6-4-12)22(24)25/h2-8H,9-10H2,1H3. The van der Waals surface area contributed by atoms with E-state index in [1.165, 1.54) is 24.3 Å². The summed E-state index contributed by atoms with van der Waals surface area (Å²) in [6.07, 6.45) is 0. The molecule has 144 valence electrons. The lowest BCUT2D eigenvalue weighted by molar-refractivity contribution is -0.384. The highest BCUT2D eigenvalue weighted by atomic mass is 35.5. The second-order valence-corrected chi connectivity index (χ2v) is 6.10. The van der Waals surface area contributed by atoms with E-state index >= 15 is 0 Å². The molecule has 0 aliphatic heterocycles. The predicted octanol–water partition coefficient (Wildman–Crippen LogP) is 3.73. The maximum Gasteiger partial charge on any atom is 0.344 e. The number of carbonyl (C=O) groups is 1. The van der Waals surface area contributed by atoms with Crippen LogP contribution in [-0.2, 0) is 16.1 Å². The molecule has 0 fully saturated rings. The predicted molar refractivity (Wildman–Crippen MR) is 97.9 cm³/mol. The lowest BCUT2D eigenvalue weighted by Crippen LogP contribution is -2.15. The van der Waals surface area contributed by atoms with Crippen LogP contribution in [0, 0.1) is 17.0 Å². The molecule has 1 aromatic heterocycles. The maximum atomic E-state index is 11.8. The van der Waals surface area contributed by atoms with Crippen LogP contribution in [0.4, 0.5) is 5.69 Å². The zero-order valence-electron chi connectivity index (χ0n) is 14.6. The lowest BCUT2D eigenvalue weighted by Gasteiger charge is -2.08. The molecule has 0 aliphatic rings. The molecule has 9 nitrogen and oxygen atoms in total. The van der Waals surface area contributed by atoms with Crippen LogP contribution < -0.4 is 4.74 Å². The summed E-state index contributed by atoms with van der Waals surface area (Å²) >= 11 is 5.99. The number of non-ortho nitro benzene ring substituents is 1. The Balaban J connectivity index is 1.53. The first-order valence-corrected chi connectivity index (χ1v) is 8.42. The van der Waals surface area contributed by atoms with E-state index in [1.807, 2.05) is 13.0 Å². The van der Waals surface area contributed by atoms with E-state index < -0.39 is 10.9 Å². The number of hydrogen-bond donors (Lipinski definition) is 0. The third-order valence-corrected chi connectivity index (χ3v) is 3.89. The minimum atomic E-state index is -0.632. The summed E-state index contributed by atoms with van der Waals surface area (Å²) in [5.74, 6) is -0.0106. The van der Waals surface area contributed by atoms with E-state index in [2.05, 4.69) is 10.2 Å². The molecule has 0 bridgehead atoms. The zero-order valence-corrected chi connectivity index (χ0v) is 15.4. The van der Waals surface area contributed by atoms with Crippen molar-refractivity contribution in [1.29, 1.82) is 0 Å². The minimum absolute atomic E-state index is 0.0499. The van der Waals surface area contributed by atoms with Gasteiger partial charge in [0.15, 0.2) is 13.2 Å². The molecule has 0 unspecified atom stereocenters. The summed E-state index contributed by atoms with van der Waals surface area (Å²) in [6.45, 7) is 1.32. The van der Waals surface area contributed by atoms with Crippen molar-refractivity contribution in [2.24, 2.45) is 0 Å². The van der Waals surface area contributed by atoms with Gasteiger partial charge in [0.2, 0.25) is 5.89 Å². The normalized spacial score (nSPS) is 10.5. The number of carbonyl (C=O) groups excluding carboxylic acids is 1. The summed E-state index contributed by atoms with van der Waals surface area (Å²) in [7, 11) is 0. The molecule has 0 saturated carbocycles. The Morgan fingerprint density at radius 3 is 2.68 bits per heavy atom. The van der Waals surface area contributed by atoms with Crippen molar-refractivity contribution in [2.45, 2.75) is 13.5 Å². The van der Waals surface area contributed by atoms with Gasteiger partial charge in [-0.1, -0.05) is 17.7 Å². The van der Waals surface area contributed by atoms with Gasteiger partial charge in [-0.15, -0.1) is 10.2 Å². The SMILES string of the molecule is Cc1ccc(Cl)c(OCC(=O)OCc2nnc(-c3ccc([N+](=O)[O-])cc3)o2)c1. The highest BCUT2D eigenvalue weighted by molar-refractivity contribution is 6.32. The summed E-state index contributed by atoms with van der Waals surface area (Å²) in [6, 6.07) is 10.8. The Labute approximate surface area is 164 Å². The van der Waals surface area contributed by atoms with Gasteiger partial charge in [0.05, 0.1) is 9.95 Å². The van der Waals surface area contributed by atoms with E-state index in [-0.39, 0.29) is 30.7 Å². The van der Waals surface area contributed by atoms with Crippen molar-refractivity contribution in [3.8, 4) is 17.2 Å². The number of rotatable bonds is 7. The van der Waals surface area contributed by atoms with Crippen molar-refractivity contribution in [1.82, 2.24) is 10.2 Å². The molecule has 28 heavy (non-hydrogen) atoms. The fraction of sp³-hybridized carbons (Fsp3) is 0.167. The molecule has 0 N–H and O–H groups in total. The van der Waals surface area contributed by atoms with Crippen molar-refractivity contribution in [3.05, 3.63) is 69.1 Å². The lowest BCUT2D eigenvalue weighted by atomic mass is 10.2. The zero-order chi connectivity index (χ0) is 20.1.